The molecule has 0 aliphatic heterocycles. The van der Waals surface area contributed by atoms with Crippen molar-refractivity contribution < 1.29 is 14.6 Å². The summed E-state index contributed by atoms with van der Waals surface area (Å²) in [6.45, 7) is 0. The highest BCUT2D eigenvalue weighted by atomic mass is 16.5. The smallest absolute Gasteiger partial charge is 0.185 e. The normalized spacial score (nSPS) is 10.7. The van der Waals surface area contributed by atoms with E-state index in [1.54, 1.807) is 74.0 Å². The molecule has 0 unspecified atom stereocenters. The van der Waals surface area contributed by atoms with Gasteiger partial charge >= 0.3 is 0 Å². The van der Waals surface area contributed by atoms with Crippen LogP contribution in [0.5, 0.6) is 11.5 Å². The van der Waals surface area contributed by atoms with Gasteiger partial charge in [-0.2, -0.15) is 0 Å². The van der Waals surface area contributed by atoms with E-state index in [0.717, 1.165) is 11.3 Å². The van der Waals surface area contributed by atoms with Crippen LogP contribution < -0.4 is 10.1 Å². The highest BCUT2D eigenvalue weighted by molar-refractivity contribution is 6.07. The molecule has 0 aliphatic carbocycles. The number of hydrogen-bond donors (Lipinski definition) is 2. The summed E-state index contributed by atoms with van der Waals surface area (Å²) in [5.74, 6) is 1.42. The summed E-state index contributed by atoms with van der Waals surface area (Å²) in [5.41, 5.74) is 2.15. The monoisotopic (exact) mass is 346 g/mol. The van der Waals surface area contributed by atoms with Gasteiger partial charge in [0.05, 0.1) is 7.11 Å². The first-order valence-electron chi connectivity index (χ1n) is 8.03. The van der Waals surface area contributed by atoms with E-state index in [4.69, 9.17) is 4.74 Å². The Bertz CT molecular complexity index is 917. The molecule has 3 rings (SSSR count). The number of rotatable bonds is 6. The summed E-state index contributed by atoms with van der Waals surface area (Å²) in [6, 6.07) is 17.3. The summed E-state index contributed by atoms with van der Waals surface area (Å²) in [5, 5.41) is 12.5. The van der Waals surface area contributed by atoms with Crippen molar-refractivity contribution in [3.63, 3.8) is 0 Å². The van der Waals surface area contributed by atoms with Crippen molar-refractivity contribution in [2.45, 2.75) is 0 Å². The fourth-order valence-electron chi connectivity index (χ4n) is 2.36. The lowest BCUT2D eigenvalue weighted by Crippen LogP contribution is -1.97. The lowest BCUT2D eigenvalue weighted by molar-refractivity contribution is 0.104. The molecular weight excluding hydrogens is 328 g/mol. The number of hydrogen-bond acceptors (Lipinski definition) is 5. The Morgan fingerprint density at radius 1 is 1.08 bits per heavy atom. The van der Waals surface area contributed by atoms with E-state index in [9.17, 15) is 9.90 Å². The minimum Gasteiger partial charge on any atom is -0.508 e. The van der Waals surface area contributed by atoms with Crippen molar-refractivity contribution in [3.8, 4) is 11.5 Å². The fourth-order valence-corrected chi connectivity index (χ4v) is 2.36. The second-order valence-corrected chi connectivity index (χ2v) is 5.54. The molecule has 0 saturated heterocycles. The number of phenols is 1. The molecule has 26 heavy (non-hydrogen) atoms. The van der Waals surface area contributed by atoms with Gasteiger partial charge in [-0.05, 0) is 72.8 Å². The van der Waals surface area contributed by atoms with Gasteiger partial charge in [-0.3, -0.25) is 4.79 Å². The van der Waals surface area contributed by atoms with Gasteiger partial charge in [-0.1, -0.05) is 0 Å². The summed E-state index contributed by atoms with van der Waals surface area (Å²) < 4.78 is 5.10. The molecular formula is C21H18N2O3. The van der Waals surface area contributed by atoms with E-state index in [-0.39, 0.29) is 11.5 Å². The number of nitrogens with zero attached hydrogens (tertiary/aromatic N) is 1. The third kappa shape index (κ3) is 4.27. The Kier molecular flexibility index (Phi) is 5.29. The molecule has 1 aromatic heterocycles. The molecule has 0 radical (unpaired) electrons. The van der Waals surface area contributed by atoms with Crippen LogP contribution in [-0.2, 0) is 0 Å². The Morgan fingerprint density at radius 3 is 2.50 bits per heavy atom. The zero-order chi connectivity index (χ0) is 18.4. The van der Waals surface area contributed by atoms with Gasteiger partial charge in [0.2, 0.25) is 0 Å². The Labute approximate surface area is 151 Å². The average Bonchev–Trinajstić information content (AvgIpc) is 2.69. The molecule has 0 aliphatic rings. The average molecular weight is 346 g/mol. The number of allylic oxidation sites excluding steroid dienone is 1. The lowest BCUT2D eigenvalue weighted by Gasteiger charge is -2.08. The number of nitrogens with one attached hydrogen (secondary N) is 1. The Hall–Kier alpha value is -3.60. The molecule has 2 N–H and O–H groups in total. The number of phenolic OH excluding ortho intramolecular Hbond substituents is 1. The quantitative estimate of drug-likeness (QED) is 0.392. The lowest BCUT2D eigenvalue weighted by atomic mass is 10.1. The molecule has 5 heteroatoms. The van der Waals surface area contributed by atoms with E-state index >= 15 is 0 Å². The van der Waals surface area contributed by atoms with Gasteiger partial charge in [0.1, 0.15) is 17.3 Å². The number of ether oxygens (including phenoxy) is 1. The number of anilines is 2. The number of aromatic hydroxyl groups is 1. The molecule has 3 aromatic rings. The van der Waals surface area contributed by atoms with Crippen molar-refractivity contribution in [1.29, 1.82) is 0 Å². The van der Waals surface area contributed by atoms with Crippen LogP contribution in [0.25, 0.3) is 6.08 Å². The second-order valence-electron chi connectivity index (χ2n) is 5.54. The maximum Gasteiger partial charge on any atom is 0.185 e. The Morgan fingerprint density at radius 2 is 1.81 bits per heavy atom. The molecule has 130 valence electrons. The number of methoxy groups -OCH3 is 1. The Balaban J connectivity index is 1.77. The highest BCUT2D eigenvalue weighted by Crippen LogP contribution is 2.21. The van der Waals surface area contributed by atoms with Crippen LogP contribution in [0.15, 0.2) is 72.9 Å². The predicted molar refractivity (Wildman–Crippen MR) is 102 cm³/mol. The molecule has 0 amide bonds. The number of benzene rings is 2. The van der Waals surface area contributed by atoms with Crippen LogP contribution in [0.1, 0.15) is 15.9 Å². The third-order valence-corrected chi connectivity index (χ3v) is 3.76. The van der Waals surface area contributed by atoms with Crippen LogP contribution in [0.4, 0.5) is 11.5 Å². The SMILES string of the molecule is COc1ccc(C(=O)C=Cc2cccnc2Nc2ccc(O)cc2)cc1. The molecule has 0 spiro atoms. The molecule has 5 nitrogen and oxygen atoms in total. The van der Waals surface area contributed by atoms with E-state index in [2.05, 4.69) is 10.3 Å². The van der Waals surface area contributed by atoms with E-state index in [0.29, 0.717) is 17.1 Å². The van der Waals surface area contributed by atoms with E-state index in [1.165, 1.54) is 6.08 Å². The second kappa shape index (κ2) is 7.98. The van der Waals surface area contributed by atoms with Gasteiger partial charge in [0.25, 0.3) is 0 Å². The van der Waals surface area contributed by atoms with Crippen LogP contribution in [0, 0.1) is 0 Å². The first kappa shape index (κ1) is 17.2. The number of carbonyl (C=O) groups is 1. The summed E-state index contributed by atoms with van der Waals surface area (Å²) >= 11 is 0. The molecule has 2 aromatic carbocycles. The van der Waals surface area contributed by atoms with Crippen molar-refractivity contribution in [2.24, 2.45) is 0 Å². The van der Waals surface area contributed by atoms with Gasteiger partial charge in [0.15, 0.2) is 5.78 Å². The van der Waals surface area contributed by atoms with Gasteiger partial charge in [-0.25, -0.2) is 4.98 Å². The first-order valence-corrected chi connectivity index (χ1v) is 8.03. The van der Waals surface area contributed by atoms with Crippen molar-refractivity contribution in [2.75, 3.05) is 12.4 Å². The number of pyridine rings is 1. The van der Waals surface area contributed by atoms with Gasteiger partial charge in [-0.15, -0.1) is 0 Å². The topological polar surface area (TPSA) is 71.5 Å². The van der Waals surface area contributed by atoms with Crippen LogP contribution in [0.3, 0.4) is 0 Å². The highest BCUT2D eigenvalue weighted by Gasteiger charge is 2.05. The number of carbonyl (C=O) groups excluding carboxylic acids is 1. The minimum absolute atomic E-state index is 0.105. The minimum atomic E-state index is -0.105. The maximum atomic E-state index is 12.3. The summed E-state index contributed by atoms with van der Waals surface area (Å²) in [7, 11) is 1.59. The van der Waals surface area contributed by atoms with Crippen molar-refractivity contribution >= 4 is 23.4 Å². The molecule has 0 saturated carbocycles. The largest absolute Gasteiger partial charge is 0.508 e. The van der Waals surface area contributed by atoms with Crippen molar-refractivity contribution in [1.82, 2.24) is 4.98 Å². The van der Waals surface area contributed by atoms with Gasteiger partial charge in [0, 0.05) is 23.0 Å². The van der Waals surface area contributed by atoms with Crippen LogP contribution >= 0.6 is 0 Å². The zero-order valence-electron chi connectivity index (χ0n) is 14.2. The third-order valence-electron chi connectivity index (χ3n) is 3.76. The van der Waals surface area contributed by atoms with Crippen molar-refractivity contribution in [3.05, 3.63) is 84.1 Å². The maximum absolute atomic E-state index is 12.3. The fraction of sp³-hybridized carbons (Fsp3) is 0.0476. The summed E-state index contributed by atoms with van der Waals surface area (Å²) in [4.78, 5) is 16.6. The molecule has 0 bridgehead atoms. The standard InChI is InChI=1S/C21H18N2O3/c1-26-19-11-4-15(5-12-19)20(25)13-6-16-3-2-14-22-21(16)23-17-7-9-18(24)10-8-17/h2-14,24H,1H3,(H,22,23). The van der Waals surface area contributed by atoms with Crippen LogP contribution in [-0.4, -0.2) is 23.0 Å². The molecule has 0 fully saturated rings. The molecule has 1 heterocycles. The summed E-state index contributed by atoms with van der Waals surface area (Å²) in [6.07, 6.45) is 4.91. The number of aromatic nitrogens is 1. The first-order chi connectivity index (χ1) is 12.7. The van der Waals surface area contributed by atoms with E-state index < -0.39 is 0 Å². The van der Waals surface area contributed by atoms with Crippen LogP contribution in [0.2, 0.25) is 0 Å². The predicted octanol–water partition coefficient (Wildman–Crippen LogP) is 4.44. The molecule has 0 atom stereocenters. The van der Waals surface area contributed by atoms with E-state index in [1.807, 2.05) is 6.07 Å². The van der Waals surface area contributed by atoms with Gasteiger partial charge < -0.3 is 15.2 Å². The zero-order valence-corrected chi connectivity index (χ0v) is 14.2. The number of ketones is 1.